The van der Waals surface area contributed by atoms with Crippen molar-refractivity contribution >= 4 is 0 Å². The normalized spacial score (nSPS) is 27.6. The summed E-state index contributed by atoms with van der Waals surface area (Å²) < 4.78 is 0. The maximum Gasteiger partial charge on any atom is 0.0175 e. The van der Waals surface area contributed by atoms with E-state index in [0.29, 0.717) is 0 Å². The van der Waals surface area contributed by atoms with Crippen LogP contribution in [-0.2, 0) is 0 Å². The Morgan fingerprint density at radius 3 is 2.80 bits per heavy atom. The van der Waals surface area contributed by atoms with Crippen LogP contribution in [0.3, 0.4) is 0 Å². The van der Waals surface area contributed by atoms with Crippen LogP contribution in [0.5, 0.6) is 0 Å². The monoisotopic (exact) mass is 207 g/mol. The lowest BCUT2D eigenvalue weighted by molar-refractivity contribution is 0.297. The number of hydrogen-bond donors (Lipinski definition) is 0. The molecule has 1 aliphatic heterocycles. The molecule has 86 valence electrons. The lowest BCUT2D eigenvalue weighted by atomic mass is 9.85. The van der Waals surface area contributed by atoms with Crippen LogP contribution >= 0.6 is 0 Å². The Morgan fingerprint density at radius 1 is 1.20 bits per heavy atom. The highest BCUT2D eigenvalue weighted by atomic mass is 15.1. The van der Waals surface area contributed by atoms with E-state index in [-0.39, 0.29) is 0 Å². The third-order valence-electron chi connectivity index (χ3n) is 3.99. The number of rotatable bonds is 2. The van der Waals surface area contributed by atoms with Crippen molar-refractivity contribution in [3.8, 4) is 0 Å². The van der Waals surface area contributed by atoms with Crippen molar-refractivity contribution in [1.82, 2.24) is 4.90 Å². The van der Waals surface area contributed by atoms with E-state index in [0.717, 1.165) is 5.92 Å². The van der Waals surface area contributed by atoms with Crippen molar-refractivity contribution in [3.05, 3.63) is 11.3 Å². The van der Waals surface area contributed by atoms with Gasteiger partial charge in [-0.2, -0.15) is 0 Å². The molecule has 0 aromatic carbocycles. The van der Waals surface area contributed by atoms with Gasteiger partial charge < -0.3 is 4.90 Å². The maximum absolute atomic E-state index is 2.70. The minimum atomic E-state index is 0.910. The van der Waals surface area contributed by atoms with Crippen molar-refractivity contribution in [2.75, 3.05) is 13.1 Å². The molecular weight excluding hydrogens is 182 g/mol. The van der Waals surface area contributed by atoms with E-state index in [1.165, 1.54) is 58.0 Å². The van der Waals surface area contributed by atoms with Crippen molar-refractivity contribution in [3.63, 3.8) is 0 Å². The van der Waals surface area contributed by atoms with Gasteiger partial charge in [-0.1, -0.05) is 18.9 Å². The van der Waals surface area contributed by atoms with Gasteiger partial charge in [-0.15, -0.1) is 0 Å². The molecule has 1 saturated heterocycles. The van der Waals surface area contributed by atoms with Crippen LogP contribution in [0.2, 0.25) is 0 Å². The summed E-state index contributed by atoms with van der Waals surface area (Å²) in [6.45, 7) is 7.27. The first-order valence-electron chi connectivity index (χ1n) is 6.77. The minimum absolute atomic E-state index is 0.910. The highest BCUT2D eigenvalue weighted by molar-refractivity contribution is 5.18. The third kappa shape index (κ3) is 2.38. The van der Waals surface area contributed by atoms with Crippen molar-refractivity contribution in [1.29, 1.82) is 0 Å². The Balaban J connectivity index is 2.21. The molecular formula is C14H25N. The standard InChI is InChI=1S/C14H25N/c1-3-10-15-11-5-4-8-13-9-6-7-12(2)14(13)15/h13H,3-11H2,1-2H3. The number of fused-ring (bicyclic) bond motifs is 1. The second-order valence-corrected chi connectivity index (χ2v) is 5.24. The molecule has 1 atom stereocenters. The average Bonchev–Trinajstić information content (AvgIpc) is 2.42. The van der Waals surface area contributed by atoms with E-state index in [1.807, 2.05) is 0 Å². The van der Waals surface area contributed by atoms with Crippen LogP contribution in [-0.4, -0.2) is 18.0 Å². The summed E-state index contributed by atoms with van der Waals surface area (Å²) >= 11 is 0. The van der Waals surface area contributed by atoms with Gasteiger partial charge in [0.2, 0.25) is 0 Å². The fraction of sp³-hybridized carbons (Fsp3) is 0.857. The molecule has 0 radical (unpaired) electrons. The van der Waals surface area contributed by atoms with E-state index in [1.54, 1.807) is 11.3 Å². The summed E-state index contributed by atoms with van der Waals surface area (Å²) in [7, 11) is 0. The maximum atomic E-state index is 2.70. The van der Waals surface area contributed by atoms with E-state index in [9.17, 15) is 0 Å². The smallest absolute Gasteiger partial charge is 0.0175 e. The van der Waals surface area contributed by atoms with Gasteiger partial charge in [-0.25, -0.2) is 0 Å². The van der Waals surface area contributed by atoms with E-state index in [2.05, 4.69) is 18.7 Å². The molecule has 0 aromatic rings. The lowest BCUT2D eigenvalue weighted by Crippen LogP contribution is -2.29. The number of likely N-dealkylation sites (tertiary alicyclic amines) is 1. The quantitative estimate of drug-likeness (QED) is 0.662. The molecule has 0 aromatic heterocycles. The van der Waals surface area contributed by atoms with E-state index >= 15 is 0 Å². The van der Waals surface area contributed by atoms with Gasteiger partial charge in [-0.3, -0.25) is 0 Å². The molecule has 1 heterocycles. The molecule has 0 saturated carbocycles. The Labute approximate surface area is 94.5 Å². The average molecular weight is 207 g/mol. The van der Waals surface area contributed by atoms with Gasteiger partial charge in [0.1, 0.15) is 0 Å². The summed E-state index contributed by atoms with van der Waals surface area (Å²) in [5.41, 5.74) is 3.45. The summed E-state index contributed by atoms with van der Waals surface area (Å²) in [5.74, 6) is 0.910. The van der Waals surface area contributed by atoms with Gasteiger partial charge in [-0.05, 0) is 51.4 Å². The van der Waals surface area contributed by atoms with E-state index < -0.39 is 0 Å². The molecule has 0 spiro atoms. The summed E-state index contributed by atoms with van der Waals surface area (Å²) in [6.07, 6.45) is 9.84. The molecule has 15 heavy (non-hydrogen) atoms. The molecule has 1 aliphatic carbocycles. The Morgan fingerprint density at radius 2 is 2.00 bits per heavy atom. The fourth-order valence-electron chi connectivity index (χ4n) is 3.35. The molecule has 0 N–H and O–H groups in total. The lowest BCUT2D eigenvalue weighted by Gasteiger charge is -2.34. The number of nitrogens with zero attached hydrogens (tertiary/aromatic N) is 1. The first-order chi connectivity index (χ1) is 7.33. The van der Waals surface area contributed by atoms with Gasteiger partial charge in [0.15, 0.2) is 0 Å². The third-order valence-corrected chi connectivity index (χ3v) is 3.99. The van der Waals surface area contributed by atoms with Crippen LogP contribution in [0.1, 0.15) is 58.8 Å². The zero-order valence-electron chi connectivity index (χ0n) is 10.4. The summed E-state index contributed by atoms with van der Waals surface area (Å²) in [4.78, 5) is 2.70. The summed E-state index contributed by atoms with van der Waals surface area (Å²) in [6, 6.07) is 0. The molecule has 1 fully saturated rings. The molecule has 2 aliphatic rings. The van der Waals surface area contributed by atoms with Crippen LogP contribution in [0.25, 0.3) is 0 Å². The van der Waals surface area contributed by atoms with Gasteiger partial charge >= 0.3 is 0 Å². The zero-order valence-corrected chi connectivity index (χ0v) is 10.4. The van der Waals surface area contributed by atoms with Crippen LogP contribution in [0.4, 0.5) is 0 Å². The fourth-order valence-corrected chi connectivity index (χ4v) is 3.35. The Kier molecular flexibility index (Phi) is 3.71. The number of allylic oxidation sites excluding steroid dienone is 2. The van der Waals surface area contributed by atoms with E-state index in [4.69, 9.17) is 0 Å². The highest BCUT2D eigenvalue weighted by Gasteiger charge is 2.26. The van der Waals surface area contributed by atoms with Crippen LogP contribution in [0.15, 0.2) is 11.3 Å². The van der Waals surface area contributed by atoms with Gasteiger partial charge in [0.05, 0.1) is 0 Å². The Bertz CT molecular complexity index is 242. The minimum Gasteiger partial charge on any atom is -0.375 e. The van der Waals surface area contributed by atoms with Crippen molar-refractivity contribution in [2.45, 2.75) is 58.8 Å². The van der Waals surface area contributed by atoms with Crippen molar-refractivity contribution < 1.29 is 0 Å². The topological polar surface area (TPSA) is 3.24 Å². The van der Waals surface area contributed by atoms with Crippen LogP contribution in [0, 0.1) is 5.92 Å². The molecule has 0 bridgehead atoms. The predicted octanol–water partition coefficient (Wildman–Crippen LogP) is 3.96. The van der Waals surface area contributed by atoms with Crippen molar-refractivity contribution in [2.24, 2.45) is 5.92 Å². The first-order valence-corrected chi connectivity index (χ1v) is 6.77. The molecule has 1 unspecified atom stereocenters. The molecule has 2 rings (SSSR count). The second kappa shape index (κ2) is 5.05. The van der Waals surface area contributed by atoms with Gasteiger partial charge in [0.25, 0.3) is 0 Å². The first kappa shape index (κ1) is 11.0. The SMILES string of the molecule is CCCN1CCCCC2CCCC(C)=C21. The molecule has 1 heteroatoms. The Hall–Kier alpha value is -0.460. The predicted molar refractivity (Wildman–Crippen MR) is 65.8 cm³/mol. The van der Waals surface area contributed by atoms with Crippen LogP contribution < -0.4 is 0 Å². The van der Waals surface area contributed by atoms with Gasteiger partial charge in [0, 0.05) is 18.8 Å². The molecule has 0 amide bonds. The largest absolute Gasteiger partial charge is 0.375 e. The highest BCUT2D eigenvalue weighted by Crippen LogP contribution is 2.37. The summed E-state index contributed by atoms with van der Waals surface area (Å²) in [5, 5.41) is 0. The zero-order chi connectivity index (χ0) is 10.7. The second-order valence-electron chi connectivity index (χ2n) is 5.24. The number of hydrogen-bond acceptors (Lipinski definition) is 1. The molecule has 1 nitrogen and oxygen atoms in total.